The van der Waals surface area contributed by atoms with Gasteiger partial charge in [-0.1, -0.05) is 43.2 Å². The first kappa shape index (κ1) is 20.6. The number of amides is 1. The van der Waals surface area contributed by atoms with Gasteiger partial charge in [0.25, 0.3) is 0 Å². The monoisotopic (exact) mass is 386 g/mol. The highest BCUT2D eigenvalue weighted by Crippen LogP contribution is 2.27. The highest BCUT2D eigenvalue weighted by molar-refractivity contribution is 5.81. The number of rotatable bonds is 7. The summed E-state index contributed by atoms with van der Waals surface area (Å²) in [6, 6.07) is 10.2. The first-order valence-electron chi connectivity index (χ1n) is 10.7. The SMILES string of the molecule is CCNC(=NCC(O)Cc1ccccc1)NC1CCN(C(=O)C2CCCC2)C1. The normalized spacial score (nSPS) is 21.7. The molecule has 0 bridgehead atoms. The minimum absolute atomic E-state index is 0.217. The molecule has 3 rings (SSSR count). The fraction of sp³-hybridized carbons (Fsp3) is 0.636. The van der Waals surface area contributed by atoms with Crippen molar-refractivity contribution < 1.29 is 9.90 Å². The molecule has 1 heterocycles. The van der Waals surface area contributed by atoms with E-state index < -0.39 is 6.10 Å². The summed E-state index contributed by atoms with van der Waals surface area (Å²) in [5.74, 6) is 1.30. The molecule has 1 saturated carbocycles. The summed E-state index contributed by atoms with van der Waals surface area (Å²) in [6.07, 6.45) is 5.50. The van der Waals surface area contributed by atoms with Crippen molar-refractivity contribution in [2.75, 3.05) is 26.2 Å². The van der Waals surface area contributed by atoms with Crippen molar-refractivity contribution in [3.05, 3.63) is 35.9 Å². The Bertz CT molecular complexity index is 643. The second-order valence-corrected chi connectivity index (χ2v) is 7.96. The van der Waals surface area contributed by atoms with Gasteiger partial charge < -0.3 is 20.6 Å². The number of aliphatic imine (C=N–C) groups is 1. The number of hydrogen-bond acceptors (Lipinski definition) is 3. The van der Waals surface area contributed by atoms with Crippen LogP contribution in [0.1, 0.15) is 44.6 Å². The zero-order chi connectivity index (χ0) is 19.8. The van der Waals surface area contributed by atoms with Crippen LogP contribution in [0.5, 0.6) is 0 Å². The molecule has 3 N–H and O–H groups in total. The number of benzene rings is 1. The number of aliphatic hydroxyl groups excluding tert-OH is 1. The summed E-state index contributed by atoms with van der Waals surface area (Å²) in [5.41, 5.74) is 1.11. The maximum absolute atomic E-state index is 12.6. The summed E-state index contributed by atoms with van der Waals surface area (Å²) < 4.78 is 0. The summed E-state index contributed by atoms with van der Waals surface area (Å²) in [5, 5.41) is 17.0. The number of nitrogens with one attached hydrogen (secondary N) is 2. The van der Waals surface area contributed by atoms with Gasteiger partial charge in [0.1, 0.15) is 0 Å². The van der Waals surface area contributed by atoms with E-state index in [0.29, 0.717) is 18.9 Å². The summed E-state index contributed by atoms with van der Waals surface area (Å²) in [4.78, 5) is 19.2. The van der Waals surface area contributed by atoms with Gasteiger partial charge >= 0.3 is 0 Å². The summed E-state index contributed by atoms with van der Waals surface area (Å²) in [7, 11) is 0. The number of aliphatic hydroxyl groups is 1. The molecule has 2 aliphatic rings. The summed E-state index contributed by atoms with van der Waals surface area (Å²) >= 11 is 0. The second kappa shape index (κ2) is 10.5. The van der Waals surface area contributed by atoms with Crippen molar-refractivity contribution in [2.45, 2.75) is 57.6 Å². The van der Waals surface area contributed by atoms with Crippen LogP contribution in [0, 0.1) is 5.92 Å². The first-order chi connectivity index (χ1) is 13.7. The molecule has 0 radical (unpaired) electrons. The van der Waals surface area contributed by atoms with Gasteiger partial charge in [-0.15, -0.1) is 0 Å². The Balaban J connectivity index is 1.48. The van der Waals surface area contributed by atoms with Crippen LogP contribution in [-0.4, -0.2) is 60.2 Å². The lowest BCUT2D eigenvalue weighted by Gasteiger charge is -2.21. The van der Waals surface area contributed by atoms with Crippen LogP contribution in [0.3, 0.4) is 0 Å². The second-order valence-electron chi connectivity index (χ2n) is 7.96. The summed E-state index contributed by atoms with van der Waals surface area (Å²) in [6.45, 7) is 4.71. The largest absolute Gasteiger partial charge is 0.391 e. The Morgan fingerprint density at radius 1 is 1.25 bits per heavy atom. The lowest BCUT2D eigenvalue weighted by molar-refractivity contribution is -0.134. The lowest BCUT2D eigenvalue weighted by atomic mass is 10.1. The molecule has 1 aliphatic carbocycles. The molecule has 0 spiro atoms. The topological polar surface area (TPSA) is 77.0 Å². The molecular weight excluding hydrogens is 352 g/mol. The van der Waals surface area contributed by atoms with Crippen LogP contribution in [-0.2, 0) is 11.2 Å². The number of guanidine groups is 1. The van der Waals surface area contributed by atoms with Gasteiger partial charge in [0.15, 0.2) is 5.96 Å². The van der Waals surface area contributed by atoms with E-state index in [2.05, 4.69) is 15.6 Å². The van der Waals surface area contributed by atoms with Gasteiger partial charge in [0.05, 0.1) is 12.6 Å². The molecule has 6 nitrogen and oxygen atoms in total. The van der Waals surface area contributed by atoms with E-state index in [1.54, 1.807) is 0 Å². The number of likely N-dealkylation sites (tertiary alicyclic amines) is 1. The predicted molar refractivity (Wildman–Crippen MR) is 112 cm³/mol. The Labute approximate surface area is 168 Å². The van der Waals surface area contributed by atoms with E-state index >= 15 is 0 Å². The number of hydrogen-bond donors (Lipinski definition) is 3. The molecular formula is C22H34N4O2. The van der Waals surface area contributed by atoms with Crippen molar-refractivity contribution in [2.24, 2.45) is 10.9 Å². The van der Waals surface area contributed by atoms with Crippen molar-refractivity contribution in [1.29, 1.82) is 0 Å². The van der Waals surface area contributed by atoms with Crippen LogP contribution in [0.15, 0.2) is 35.3 Å². The van der Waals surface area contributed by atoms with E-state index in [-0.39, 0.29) is 12.0 Å². The fourth-order valence-electron chi connectivity index (χ4n) is 4.17. The molecule has 28 heavy (non-hydrogen) atoms. The van der Waals surface area contributed by atoms with Crippen LogP contribution < -0.4 is 10.6 Å². The van der Waals surface area contributed by atoms with Crippen molar-refractivity contribution in [3.8, 4) is 0 Å². The van der Waals surface area contributed by atoms with Crippen LogP contribution in [0.25, 0.3) is 0 Å². The zero-order valence-corrected chi connectivity index (χ0v) is 16.9. The average molecular weight is 387 g/mol. The third-order valence-electron chi connectivity index (χ3n) is 5.66. The molecule has 0 aromatic heterocycles. The van der Waals surface area contributed by atoms with Gasteiger partial charge in [-0.05, 0) is 31.7 Å². The Morgan fingerprint density at radius 3 is 2.71 bits per heavy atom. The predicted octanol–water partition coefficient (Wildman–Crippen LogP) is 1.94. The standard InChI is InChI=1S/C22H34N4O2/c1-2-23-22(24-15-20(27)14-17-8-4-3-5-9-17)25-19-12-13-26(16-19)21(28)18-10-6-7-11-18/h3-5,8-9,18-20,27H,2,6-7,10-16H2,1H3,(H2,23,24,25). The average Bonchev–Trinajstić information content (AvgIpc) is 3.39. The molecule has 154 valence electrons. The Kier molecular flexibility index (Phi) is 7.71. The fourth-order valence-corrected chi connectivity index (χ4v) is 4.17. The van der Waals surface area contributed by atoms with E-state index in [1.165, 1.54) is 12.8 Å². The van der Waals surface area contributed by atoms with Gasteiger partial charge in [0.2, 0.25) is 5.91 Å². The van der Waals surface area contributed by atoms with Gasteiger partial charge in [-0.25, -0.2) is 0 Å². The molecule has 2 atom stereocenters. The Hall–Kier alpha value is -2.08. The minimum Gasteiger partial charge on any atom is -0.391 e. The first-order valence-corrected chi connectivity index (χ1v) is 10.7. The van der Waals surface area contributed by atoms with Crippen LogP contribution in [0.2, 0.25) is 0 Å². The van der Waals surface area contributed by atoms with E-state index in [4.69, 9.17) is 0 Å². The van der Waals surface area contributed by atoms with Crippen LogP contribution >= 0.6 is 0 Å². The molecule has 1 aliphatic heterocycles. The number of nitrogens with zero attached hydrogens (tertiary/aromatic N) is 2. The highest BCUT2D eigenvalue weighted by atomic mass is 16.3. The van der Waals surface area contributed by atoms with Gasteiger partial charge in [0, 0.05) is 38.0 Å². The van der Waals surface area contributed by atoms with E-state index in [9.17, 15) is 9.90 Å². The number of carbonyl (C=O) groups excluding carboxylic acids is 1. The molecule has 1 aromatic rings. The third-order valence-corrected chi connectivity index (χ3v) is 5.66. The Morgan fingerprint density at radius 2 is 2.00 bits per heavy atom. The van der Waals surface area contributed by atoms with E-state index in [1.807, 2.05) is 42.2 Å². The smallest absolute Gasteiger partial charge is 0.225 e. The van der Waals surface area contributed by atoms with Crippen molar-refractivity contribution in [1.82, 2.24) is 15.5 Å². The third kappa shape index (κ3) is 5.96. The van der Waals surface area contributed by atoms with Gasteiger partial charge in [-0.3, -0.25) is 9.79 Å². The van der Waals surface area contributed by atoms with Gasteiger partial charge in [-0.2, -0.15) is 0 Å². The molecule has 1 amide bonds. The van der Waals surface area contributed by atoms with Crippen LogP contribution in [0.4, 0.5) is 0 Å². The zero-order valence-electron chi connectivity index (χ0n) is 16.9. The maximum atomic E-state index is 12.6. The molecule has 1 aromatic carbocycles. The maximum Gasteiger partial charge on any atom is 0.225 e. The lowest BCUT2D eigenvalue weighted by Crippen LogP contribution is -2.45. The minimum atomic E-state index is -0.512. The number of carbonyl (C=O) groups is 1. The molecule has 6 heteroatoms. The quantitative estimate of drug-likeness (QED) is 0.494. The molecule has 2 unspecified atom stereocenters. The van der Waals surface area contributed by atoms with E-state index in [0.717, 1.165) is 50.4 Å². The molecule has 2 fully saturated rings. The highest BCUT2D eigenvalue weighted by Gasteiger charge is 2.32. The van der Waals surface area contributed by atoms with Crippen molar-refractivity contribution >= 4 is 11.9 Å². The molecule has 1 saturated heterocycles. The van der Waals surface area contributed by atoms with Crippen molar-refractivity contribution in [3.63, 3.8) is 0 Å².